The van der Waals surface area contributed by atoms with Gasteiger partial charge in [0.05, 0.1) is 12.7 Å². The molecule has 94 valence electrons. The van der Waals surface area contributed by atoms with Gasteiger partial charge in [0.15, 0.2) is 0 Å². The van der Waals surface area contributed by atoms with E-state index < -0.39 is 0 Å². The third-order valence-corrected chi connectivity index (χ3v) is 3.16. The first-order valence-electron chi connectivity index (χ1n) is 6.25. The molecule has 2 atom stereocenters. The van der Waals surface area contributed by atoms with E-state index in [-0.39, 0.29) is 0 Å². The van der Waals surface area contributed by atoms with Crippen molar-refractivity contribution in [2.75, 3.05) is 38.7 Å². The molecule has 1 heterocycles. The summed E-state index contributed by atoms with van der Waals surface area (Å²) >= 11 is 0. The van der Waals surface area contributed by atoms with Crippen molar-refractivity contribution in [2.24, 2.45) is 0 Å². The van der Waals surface area contributed by atoms with E-state index in [0.29, 0.717) is 12.1 Å². The van der Waals surface area contributed by atoms with Crippen LogP contribution in [0.25, 0.3) is 0 Å². The normalized spacial score (nSPS) is 25.3. The molecule has 1 aromatic rings. The maximum atomic E-state index is 5.87. The number of nitrogens with zero attached hydrogens (tertiary/aromatic N) is 2. The van der Waals surface area contributed by atoms with Crippen LogP contribution in [0.1, 0.15) is 6.92 Å². The third-order valence-electron chi connectivity index (χ3n) is 3.16. The van der Waals surface area contributed by atoms with Crippen molar-refractivity contribution in [2.45, 2.75) is 19.1 Å². The SMILES string of the molecule is C[C@@H]1CO[C@H](CN(C)C)CN1c1ccccc1. The summed E-state index contributed by atoms with van der Waals surface area (Å²) < 4.78 is 5.87. The fourth-order valence-electron chi connectivity index (χ4n) is 2.31. The number of morpholine rings is 1. The van der Waals surface area contributed by atoms with Gasteiger partial charge in [-0.3, -0.25) is 0 Å². The van der Waals surface area contributed by atoms with Crippen LogP contribution >= 0.6 is 0 Å². The highest BCUT2D eigenvalue weighted by Gasteiger charge is 2.26. The highest BCUT2D eigenvalue weighted by atomic mass is 16.5. The van der Waals surface area contributed by atoms with E-state index in [1.807, 2.05) is 0 Å². The summed E-state index contributed by atoms with van der Waals surface area (Å²) in [6.45, 7) is 4.99. The monoisotopic (exact) mass is 234 g/mol. The predicted octanol–water partition coefficient (Wildman–Crippen LogP) is 1.84. The van der Waals surface area contributed by atoms with Gasteiger partial charge in [-0.25, -0.2) is 0 Å². The molecule has 1 aliphatic rings. The molecule has 0 aromatic heterocycles. The maximum absolute atomic E-state index is 5.87. The largest absolute Gasteiger partial charge is 0.373 e. The zero-order valence-electron chi connectivity index (χ0n) is 11.0. The van der Waals surface area contributed by atoms with Gasteiger partial charge in [-0.05, 0) is 33.2 Å². The molecule has 1 saturated heterocycles. The minimum absolute atomic E-state index is 0.307. The van der Waals surface area contributed by atoms with Crippen LogP contribution in [-0.2, 0) is 4.74 Å². The summed E-state index contributed by atoms with van der Waals surface area (Å²) in [6, 6.07) is 11.1. The molecule has 0 unspecified atom stereocenters. The molecular weight excluding hydrogens is 212 g/mol. The average molecular weight is 234 g/mol. The fraction of sp³-hybridized carbons (Fsp3) is 0.571. The van der Waals surface area contributed by atoms with Gasteiger partial charge in [0.1, 0.15) is 0 Å². The maximum Gasteiger partial charge on any atom is 0.0877 e. The Morgan fingerprint density at radius 1 is 1.29 bits per heavy atom. The molecule has 3 heteroatoms. The van der Waals surface area contributed by atoms with E-state index in [1.165, 1.54) is 5.69 Å². The fourth-order valence-corrected chi connectivity index (χ4v) is 2.31. The third kappa shape index (κ3) is 3.20. The lowest BCUT2D eigenvalue weighted by Gasteiger charge is -2.40. The van der Waals surface area contributed by atoms with Crippen LogP contribution in [0, 0.1) is 0 Å². The number of anilines is 1. The summed E-state index contributed by atoms with van der Waals surface area (Å²) in [7, 11) is 4.18. The van der Waals surface area contributed by atoms with Gasteiger partial charge >= 0.3 is 0 Å². The molecule has 0 spiro atoms. The van der Waals surface area contributed by atoms with Gasteiger partial charge in [-0.15, -0.1) is 0 Å². The van der Waals surface area contributed by atoms with Crippen molar-refractivity contribution in [1.29, 1.82) is 0 Å². The first-order chi connectivity index (χ1) is 8.16. The van der Waals surface area contributed by atoms with Crippen LogP contribution in [0.15, 0.2) is 30.3 Å². The molecule has 0 radical (unpaired) electrons. The zero-order chi connectivity index (χ0) is 12.3. The smallest absolute Gasteiger partial charge is 0.0877 e. The Hall–Kier alpha value is -1.06. The van der Waals surface area contributed by atoms with Gasteiger partial charge in [0, 0.05) is 24.8 Å². The molecule has 1 aromatic carbocycles. The van der Waals surface area contributed by atoms with Crippen molar-refractivity contribution < 1.29 is 4.74 Å². The molecule has 17 heavy (non-hydrogen) atoms. The van der Waals surface area contributed by atoms with Crippen molar-refractivity contribution in [1.82, 2.24) is 4.90 Å². The van der Waals surface area contributed by atoms with Crippen molar-refractivity contribution >= 4 is 5.69 Å². The quantitative estimate of drug-likeness (QED) is 0.793. The average Bonchev–Trinajstić information content (AvgIpc) is 2.32. The van der Waals surface area contributed by atoms with Gasteiger partial charge in [-0.2, -0.15) is 0 Å². The second kappa shape index (κ2) is 5.52. The minimum Gasteiger partial charge on any atom is -0.373 e. The van der Waals surface area contributed by atoms with Crippen molar-refractivity contribution in [3.05, 3.63) is 30.3 Å². The summed E-state index contributed by atoms with van der Waals surface area (Å²) in [4.78, 5) is 4.63. The van der Waals surface area contributed by atoms with Crippen LogP contribution in [0.2, 0.25) is 0 Å². The zero-order valence-corrected chi connectivity index (χ0v) is 11.0. The Morgan fingerprint density at radius 2 is 2.00 bits per heavy atom. The molecule has 1 aliphatic heterocycles. The minimum atomic E-state index is 0.307. The molecular formula is C14H22N2O. The molecule has 2 rings (SSSR count). The van der Waals surface area contributed by atoms with E-state index in [4.69, 9.17) is 4.74 Å². The van der Waals surface area contributed by atoms with E-state index >= 15 is 0 Å². The van der Waals surface area contributed by atoms with Crippen LogP contribution in [-0.4, -0.2) is 50.8 Å². The van der Waals surface area contributed by atoms with Crippen LogP contribution in [0.5, 0.6) is 0 Å². The lowest BCUT2D eigenvalue weighted by Crippen LogP contribution is -2.51. The Bertz CT molecular complexity index is 339. The second-order valence-corrected chi connectivity index (χ2v) is 5.05. The van der Waals surface area contributed by atoms with E-state index in [1.54, 1.807) is 0 Å². The highest BCUT2D eigenvalue weighted by molar-refractivity contribution is 5.47. The van der Waals surface area contributed by atoms with Gasteiger partial charge in [0.2, 0.25) is 0 Å². The topological polar surface area (TPSA) is 15.7 Å². The number of likely N-dealkylation sites (N-methyl/N-ethyl adjacent to an activating group) is 1. The van der Waals surface area contributed by atoms with Gasteiger partial charge in [0.25, 0.3) is 0 Å². The molecule has 3 nitrogen and oxygen atoms in total. The summed E-state index contributed by atoms with van der Waals surface area (Å²) in [6.07, 6.45) is 0.307. The van der Waals surface area contributed by atoms with Crippen LogP contribution in [0.4, 0.5) is 5.69 Å². The molecule has 0 amide bonds. The van der Waals surface area contributed by atoms with E-state index in [0.717, 1.165) is 19.7 Å². The number of hydrogen-bond acceptors (Lipinski definition) is 3. The predicted molar refractivity (Wildman–Crippen MR) is 71.5 cm³/mol. The Labute approximate surface area is 104 Å². The van der Waals surface area contributed by atoms with Crippen LogP contribution < -0.4 is 4.90 Å². The Kier molecular flexibility index (Phi) is 4.02. The van der Waals surface area contributed by atoms with Gasteiger partial charge < -0.3 is 14.5 Å². The number of para-hydroxylation sites is 1. The van der Waals surface area contributed by atoms with Crippen molar-refractivity contribution in [3.8, 4) is 0 Å². The van der Waals surface area contributed by atoms with Gasteiger partial charge in [-0.1, -0.05) is 18.2 Å². The number of ether oxygens (including phenoxy) is 1. The summed E-state index contributed by atoms with van der Waals surface area (Å²) in [5, 5.41) is 0. The molecule has 1 fully saturated rings. The van der Waals surface area contributed by atoms with Crippen molar-refractivity contribution in [3.63, 3.8) is 0 Å². The first-order valence-corrected chi connectivity index (χ1v) is 6.25. The number of rotatable bonds is 3. The lowest BCUT2D eigenvalue weighted by molar-refractivity contribution is 0.00879. The second-order valence-electron chi connectivity index (χ2n) is 5.05. The van der Waals surface area contributed by atoms with E-state index in [2.05, 4.69) is 61.2 Å². The molecule has 0 N–H and O–H groups in total. The lowest BCUT2D eigenvalue weighted by atomic mass is 10.1. The number of hydrogen-bond donors (Lipinski definition) is 0. The molecule has 0 saturated carbocycles. The number of benzene rings is 1. The Balaban J connectivity index is 2.05. The first kappa shape index (κ1) is 12.4. The molecule has 0 bridgehead atoms. The van der Waals surface area contributed by atoms with Crippen LogP contribution in [0.3, 0.4) is 0 Å². The summed E-state index contributed by atoms with van der Waals surface area (Å²) in [5.41, 5.74) is 1.30. The van der Waals surface area contributed by atoms with E-state index in [9.17, 15) is 0 Å². The summed E-state index contributed by atoms with van der Waals surface area (Å²) in [5.74, 6) is 0. The molecule has 0 aliphatic carbocycles. The highest BCUT2D eigenvalue weighted by Crippen LogP contribution is 2.21. The Morgan fingerprint density at radius 3 is 2.65 bits per heavy atom. The standard InChI is InChI=1S/C14H22N2O/c1-12-11-17-14(9-15(2)3)10-16(12)13-7-5-4-6-8-13/h4-8,12,14H,9-11H2,1-3H3/t12-,14-/m1/s1.